The normalized spacial score (nSPS) is 18.5. The van der Waals surface area contributed by atoms with Crippen LogP contribution in [0.25, 0.3) is 0 Å². The van der Waals surface area contributed by atoms with E-state index in [0.29, 0.717) is 5.41 Å². The SMILES string of the molecule is CN=C(NCCc1ccc2c(c1)CCO2)NCC1(CCOC)CCCC1. The van der Waals surface area contributed by atoms with Crippen molar-refractivity contribution in [2.24, 2.45) is 10.4 Å². The fourth-order valence-electron chi connectivity index (χ4n) is 4.17. The molecule has 1 heterocycles. The van der Waals surface area contributed by atoms with E-state index in [2.05, 4.69) is 33.8 Å². The summed E-state index contributed by atoms with van der Waals surface area (Å²) in [6, 6.07) is 6.54. The zero-order valence-corrected chi connectivity index (χ0v) is 16.3. The molecular formula is C21H33N3O2. The molecule has 1 aromatic rings. The van der Waals surface area contributed by atoms with E-state index in [0.717, 1.165) is 57.3 Å². The number of guanidine groups is 1. The highest BCUT2D eigenvalue weighted by atomic mass is 16.5. The zero-order chi connectivity index (χ0) is 18.2. The lowest BCUT2D eigenvalue weighted by molar-refractivity contribution is 0.138. The average Bonchev–Trinajstić information content (AvgIpc) is 3.32. The van der Waals surface area contributed by atoms with E-state index in [1.165, 1.54) is 36.8 Å². The second-order valence-electron chi connectivity index (χ2n) is 7.59. The Hall–Kier alpha value is -1.75. The highest BCUT2D eigenvalue weighted by Gasteiger charge is 2.33. The molecule has 1 fully saturated rings. The number of rotatable bonds is 8. The number of ether oxygens (including phenoxy) is 2. The Morgan fingerprint density at radius 2 is 2.12 bits per heavy atom. The molecule has 0 atom stereocenters. The van der Waals surface area contributed by atoms with Crippen LogP contribution < -0.4 is 15.4 Å². The van der Waals surface area contributed by atoms with E-state index in [4.69, 9.17) is 9.47 Å². The lowest BCUT2D eigenvalue weighted by atomic mass is 9.83. The van der Waals surface area contributed by atoms with Crippen LogP contribution in [0.1, 0.15) is 43.2 Å². The van der Waals surface area contributed by atoms with Crippen LogP contribution in [0.3, 0.4) is 0 Å². The monoisotopic (exact) mass is 359 g/mol. The number of fused-ring (bicyclic) bond motifs is 1. The predicted molar refractivity (Wildman–Crippen MR) is 106 cm³/mol. The average molecular weight is 360 g/mol. The van der Waals surface area contributed by atoms with Crippen LogP contribution in [0.4, 0.5) is 0 Å². The summed E-state index contributed by atoms with van der Waals surface area (Å²) in [5.74, 6) is 1.95. The summed E-state index contributed by atoms with van der Waals surface area (Å²) >= 11 is 0. The van der Waals surface area contributed by atoms with Gasteiger partial charge in [0.2, 0.25) is 0 Å². The molecule has 0 unspecified atom stereocenters. The standard InChI is InChI=1S/C21H33N3O2/c1-22-20(24-16-21(11-14-25-2)9-3-4-10-21)23-12-7-17-5-6-19-18(15-17)8-13-26-19/h5-6,15H,3-4,7-14,16H2,1-2H3,(H2,22,23,24). The first kappa shape index (κ1) is 19.0. The van der Waals surface area contributed by atoms with Crippen LogP contribution in [0, 0.1) is 5.41 Å². The smallest absolute Gasteiger partial charge is 0.191 e. The molecule has 1 aliphatic carbocycles. The molecule has 2 aliphatic rings. The molecule has 5 nitrogen and oxygen atoms in total. The van der Waals surface area contributed by atoms with Gasteiger partial charge in [-0.15, -0.1) is 0 Å². The largest absolute Gasteiger partial charge is 0.493 e. The van der Waals surface area contributed by atoms with Gasteiger partial charge in [-0.2, -0.15) is 0 Å². The number of methoxy groups -OCH3 is 1. The molecule has 144 valence electrons. The molecule has 1 aliphatic heterocycles. The number of benzene rings is 1. The minimum Gasteiger partial charge on any atom is -0.493 e. The third kappa shape index (κ3) is 4.91. The lowest BCUT2D eigenvalue weighted by Gasteiger charge is -2.30. The maximum atomic E-state index is 5.58. The summed E-state index contributed by atoms with van der Waals surface area (Å²) in [5.41, 5.74) is 3.06. The van der Waals surface area contributed by atoms with Gasteiger partial charge in [0.25, 0.3) is 0 Å². The van der Waals surface area contributed by atoms with Gasteiger partial charge in [-0.25, -0.2) is 0 Å². The molecular weight excluding hydrogens is 326 g/mol. The Labute approximate surface area is 157 Å². The van der Waals surface area contributed by atoms with Crippen molar-refractivity contribution in [3.05, 3.63) is 29.3 Å². The van der Waals surface area contributed by atoms with Crippen molar-refractivity contribution in [2.45, 2.75) is 44.9 Å². The van der Waals surface area contributed by atoms with Crippen LogP contribution in [-0.4, -0.2) is 46.4 Å². The van der Waals surface area contributed by atoms with E-state index < -0.39 is 0 Å². The quantitative estimate of drug-likeness (QED) is 0.553. The summed E-state index contributed by atoms with van der Waals surface area (Å²) in [6.07, 6.45) is 8.39. The van der Waals surface area contributed by atoms with Gasteiger partial charge in [-0.1, -0.05) is 25.0 Å². The maximum absolute atomic E-state index is 5.58. The van der Waals surface area contributed by atoms with Crippen molar-refractivity contribution in [2.75, 3.05) is 40.5 Å². The number of hydrogen-bond donors (Lipinski definition) is 2. The molecule has 0 saturated heterocycles. The van der Waals surface area contributed by atoms with Gasteiger partial charge in [0, 0.05) is 40.3 Å². The van der Waals surface area contributed by atoms with Gasteiger partial charge in [0.05, 0.1) is 6.61 Å². The topological polar surface area (TPSA) is 54.9 Å². The molecule has 5 heteroatoms. The second-order valence-corrected chi connectivity index (χ2v) is 7.59. The molecule has 0 amide bonds. The van der Waals surface area contributed by atoms with Gasteiger partial charge in [0.1, 0.15) is 5.75 Å². The van der Waals surface area contributed by atoms with E-state index in [-0.39, 0.29) is 0 Å². The first-order valence-electron chi connectivity index (χ1n) is 9.93. The minimum absolute atomic E-state index is 0.369. The van der Waals surface area contributed by atoms with Crippen molar-refractivity contribution < 1.29 is 9.47 Å². The van der Waals surface area contributed by atoms with Crippen molar-refractivity contribution >= 4 is 5.96 Å². The van der Waals surface area contributed by atoms with Crippen molar-refractivity contribution in [3.8, 4) is 5.75 Å². The summed E-state index contributed by atoms with van der Waals surface area (Å²) in [6.45, 7) is 3.52. The molecule has 2 N–H and O–H groups in total. The van der Waals surface area contributed by atoms with E-state index in [1.807, 2.05) is 7.05 Å². The Bertz CT molecular complexity index is 609. The van der Waals surface area contributed by atoms with Crippen LogP contribution in [-0.2, 0) is 17.6 Å². The number of nitrogens with zero attached hydrogens (tertiary/aromatic N) is 1. The number of hydrogen-bond acceptors (Lipinski definition) is 3. The molecule has 3 rings (SSSR count). The van der Waals surface area contributed by atoms with Crippen LogP contribution in [0.2, 0.25) is 0 Å². The predicted octanol–water partition coefficient (Wildman–Crippen LogP) is 2.93. The zero-order valence-electron chi connectivity index (χ0n) is 16.3. The summed E-state index contributed by atoms with van der Waals surface area (Å²) in [7, 11) is 3.64. The van der Waals surface area contributed by atoms with Gasteiger partial charge < -0.3 is 20.1 Å². The van der Waals surface area contributed by atoms with Crippen LogP contribution >= 0.6 is 0 Å². The van der Waals surface area contributed by atoms with Gasteiger partial charge >= 0.3 is 0 Å². The van der Waals surface area contributed by atoms with Crippen LogP contribution in [0.5, 0.6) is 5.75 Å². The molecule has 0 aromatic heterocycles. The van der Waals surface area contributed by atoms with Gasteiger partial charge in [0.15, 0.2) is 5.96 Å². The highest BCUT2D eigenvalue weighted by molar-refractivity contribution is 5.79. The Balaban J connectivity index is 1.44. The highest BCUT2D eigenvalue weighted by Crippen LogP contribution is 2.40. The van der Waals surface area contributed by atoms with E-state index in [1.54, 1.807) is 7.11 Å². The van der Waals surface area contributed by atoms with Gasteiger partial charge in [-0.3, -0.25) is 4.99 Å². The summed E-state index contributed by atoms with van der Waals surface area (Å²) in [4.78, 5) is 4.39. The van der Waals surface area contributed by atoms with Gasteiger partial charge in [-0.05, 0) is 48.3 Å². The Morgan fingerprint density at radius 3 is 2.88 bits per heavy atom. The molecule has 0 bridgehead atoms. The fraction of sp³-hybridized carbons (Fsp3) is 0.667. The number of nitrogens with one attached hydrogen (secondary N) is 2. The Kier molecular flexibility index (Phi) is 6.78. The maximum Gasteiger partial charge on any atom is 0.191 e. The lowest BCUT2D eigenvalue weighted by Crippen LogP contribution is -2.43. The van der Waals surface area contributed by atoms with Crippen molar-refractivity contribution in [1.29, 1.82) is 0 Å². The molecule has 0 spiro atoms. The fourth-order valence-corrected chi connectivity index (χ4v) is 4.17. The minimum atomic E-state index is 0.369. The molecule has 1 saturated carbocycles. The first-order chi connectivity index (χ1) is 12.7. The number of aliphatic imine (C=N–C) groups is 1. The molecule has 26 heavy (non-hydrogen) atoms. The van der Waals surface area contributed by atoms with Crippen molar-refractivity contribution in [3.63, 3.8) is 0 Å². The Morgan fingerprint density at radius 1 is 1.27 bits per heavy atom. The molecule has 0 radical (unpaired) electrons. The third-order valence-corrected chi connectivity index (χ3v) is 5.82. The van der Waals surface area contributed by atoms with E-state index in [9.17, 15) is 0 Å². The summed E-state index contributed by atoms with van der Waals surface area (Å²) < 4.78 is 10.9. The third-order valence-electron chi connectivity index (χ3n) is 5.82. The summed E-state index contributed by atoms with van der Waals surface area (Å²) in [5, 5.41) is 7.01. The molecule has 1 aromatic carbocycles. The van der Waals surface area contributed by atoms with Crippen LogP contribution in [0.15, 0.2) is 23.2 Å². The van der Waals surface area contributed by atoms with Crippen molar-refractivity contribution in [1.82, 2.24) is 10.6 Å². The second kappa shape index (κ2) is 9.26. The van der Waals surface area contributed by atoms with E-state index >= 15 is 0 Å². The first-order valence-corrected chi connectivity index (χ1v) is 9.93.